The first-order valence-electron chi connectivity index (χ1n) is 8.76. The van der Waals surface area contributed by atoms with Gasteiger partial charge in [0.15, 0.2) is 0 Å². The van der Waals surface area contributed by atoms with Crippen molar-refractivity contribution in [3.8, 4) is 17.2 Å². The lowest BCUT2D eigenvalue weighted by Gasteiger charge is -2.05. The summed E-state index contributed by atoms with van der Waals surface area (Å²) in [6.07, 6.45) is 0.508. The molecule has 0 N–H and O–H groups in total. The maximum atomic E-state index is 12.1. The topological polar surface area (TPSA) is 65.2 Å². The van der Waals surface area contributed by atoms with Crippen molar-refractivity contribution in [2.45, 2.75) is 19.8 Å². The number of benzene rings is 3. The minimum atomic E-state index is -0.333. The average molecular weight is 358 g/mol. The van der Waals surface area contributed by atoms with Gasteiger partial charge in [0.1, 0.15) is 5.75 Å². The van der Waals surface area contributed by atoms with Crippen LogP contribution in [0.1, 0.15) is 17.9 Å². The summed E-state index contributed by atoms with van der Waals surface area (Å²) in [5.41, 5.74) is 2.02. The summed E-state index contributed by atoms with van der Waals surface area (Å²) in [6, 6.07) is 21.3. The van der Waals surface area contributed by atoms with Gasteiger partial charge in [-0.15, -0.1) is 10.2 Å². The quantitative estimate of drug-likeness (QED) is 0.381. The van der Waals surface area contributed by atoms with Crippen LogP contribution in [0.4, 0.5) is 0 Å². The Balaban J connectivity index is 1.37. The molecule has 0 aliphatic carbocycles. The van der Waals surface area contributed by atoms with Crippen LogP contribution in [0.3, 0.4) is 0 Å². The molecule has 0 aliphatic heterocycles. The van der Waals surface area contributed by atoms with Gasteiger partial charge in [-0.3, -0.25) is 4.79 Å². The van der Waals surface area contributed by atoms with E-state index < -0.39 is 0 Å². The summed E-state index contributed by atoms with van der Waals surface area (Å²) in [6.45, 7) is 2.02. The fraction of sp³-hybridized carbons (Fsp3) is 0.136. The zero-order valence-corrected chi connectivity index (χ0v) is 14.9. The third-order valence-electron chi connectivity index (χ3n) is 4.26. The molecule has 5 heteroatoms. The molecule has 0 radical (unpaired) electrons. The van der Waals surface area contributed by atoms with Gasteiger partial charge in [0.2, 0.25) is 11.8 Å². The van der Waals surface area contributed by atoms with E-state index in [9.17, 15) is 4.79 Å². The highest BCUT2D eigenvalue weighted by atomic mass is 16.5. The van der Waals surface area contributed by atoms with Crippen molar-refractivity contribution < 1.29 is 13.9 Å². The molecule has 0 saturated carbocycles. The van der Waals surface area contributed by atoms with E-state index in [0.717, 1.165) is 21.9 Å². The number of nitrogens with zero attached hydrogens (tertiary/aromatic N) is 2. The summed E-state index contributed by atoms with van der Waals surface area (Å²) in [5.74, 6) is 1.07. The third-order valence-corrected chi connectivity index (χ3v) is 4.26. The number of aryl methyl sites for hydroxylation is 2. The molecule has 0 spiro atoms. The van der Waals surface area contributed by atoms with Crippen molar-refractivity contribution in [2.75, 3.05) is 0 Å². The Hall–Kier alpha value is -3.47. The van der Waals surface area contributed by atoms with Gasteiger partial charge in [-0.2, -0.15) is 0 Å². The molecule has 27 heavy (non-hydrogen) atoms. The van der Waals surface area contributed by atoms with E-state index in [0.29, 0.717) is 24.0 Å². The molecule has 1 aromatic heterocycles. The normalized spacial score (nSPS) is 10.9. The summed E-state index contributed by atoms with van der Waals surface area (Å²) < 4.78 is 11.1. The smallest absolute Gasteiger partial charge is 0.311 e. The van der Waals surface area contributed by atoms with E-state index in [-0.39, 0.29) is 12.4 Å². The monoisotopic (exact) mass is 358 g/mol. The molecule has 0 fully saturated rings. The van der Waals surface area contributed by atoms with Crippen LogP contribution in [-0.4, -0.2) is 16.2 Å². The summed E-state index contributed by atoms with van der Waals surface area (Å²) in [5, 5.41) is 10.2. The van der Waals surface area contributed by atoms with Crippen LogP contribution >= 0.6 is 0 Å². The van der Waals surface area contributed by atoms with Gasteiger partial charge in [-0.25, -0.2) is 0 Å². The fourth-order valence-corrected chi connectivity index (χ4v) is 2.79. The zero-order chi connectivity index (χ0) is 18.6. The first kappa shape index (κ1) is 17.0. The van der Waals surface area contributed by atoms with Gasteiger partial charge in [0.25, 0.3) is 0 Å². The molecule has 5 nitrogen and oxygen atoms in total. The molecule has 0 unspecified atom stereocenters. The van der Waals surface area contributed by atoms with E-state index in [1.54, 1.807) is 6.07 Å². The number of rotatable bonds is 5. The Morgan fingerprint density at radius 2 is 1.74 bits per heavy atom. The third kappa shape index (κ3) is 4.03. The van der Waals surface area contributed by atoms with Crippen LogP contribution in [0.25, 0.3) is 22.2 Å². The molecule has 0 atom stereocenters. The Kier molecular flexibility index (Phi) is 4.66. The maximum absolute atomic E-state index is 12.1. The molecular formula is C22H18N2O3. The molecule has 3 aromatic carbocycles. The highest BCUT2D eigenvalue weighted by Gasteiger charge is 2.12. The van der Waals surface area contributed by atoms with Crippen LogP contribution in [0.15, 0.2) is 71.1 Å². The van der Waals surface area contributed by atoms with Gasteiger partial charge < -0.3 is 9.15 Å². The second-order valence-electron chi connectivity index (χ2n) is 6.35. The molecule has 0 saturated heterocycles. The number of carbonyl (C=O) groups excluding carboxylic acids is 1. The minimum Gasteiger partial charge on any atom is -0.426 e. The minimum absolute atomic E-state index is 0.169. The molecule has 4 rings (SSSR count). The van der Waals surface area contributed by atoms with Gasteiger partial charge in [-0.1, -0.05) is 48.0 Å². The number of fused-ring (bicyclic) bond motifs is 1. The SMILES string of the molecule is Cc1ccc(-c2nnc(CCC(=O)Oc3ccc4ccccc4c3)o2)cc1. The van der Waals surface area contributed by atoms with Crippen molar-refractivity contribution in [3.63, 3.8) is 0 Å². The lowest BCUT2D eigenvalue weighted by molar-refractivity contribution is -0.134. The molecule has 134 valence electrons. The van der Waals surface area contributed by atoms with Gasteiger partial charge in [0, 0.05) is 12.0 Å². The number of hydrogen-bond acceptors (Lipinski definition) is 5. The predicted octanol–water partition coefficient (Wildman–Crippen LogP) is 4.74. The van der Waals surface area contributed by atoms with Gasteiger partial charge >= 0.3 is 5.97 Å². The van der Waals surface area contributed by atoms with Crippen LogP contribution in [0, 0.1) is 6.92 Å². The fourth-order valence-electron chi connectivity index (χ4n) is 2.79. The van der Waals surface area contributed by atoms with Crippen molar-refractivity contribution >= 4 is 16.7 Å². The Labute approximate surface area is 156 Å². The highest BCUT2D eigenvalue weighted by molar-refractivity contribution is 5.84. The number of carbonyl (C=O) groups is 1. The molecule has 0 bridgehead atoms. The number of aromatic nitrogens is 2. The Bertz CT molecular complexity index is 1080. The Morgan fingerprint density at radius 1 is 0.963 bits per heavy atom. The number of esters is 1. The summed E-state index contributed by atoms with van der Waals surface area (Å²) in [7, 11) is 0. The molecule has 1 heterocycles. The van der Waals surface area contributed by atoms with E-state index in [1.165, 1.54) is 0 Å². The van der Waals surface area contributed by atoms with Crippen molar-refractivity contribution in [1.29, 1.82) is 0 Å². The van der Waals surface area contributed by atoms with Crippen LogP contribution in [-0.2, 0) is 11.2 Å². The second kappa shape index (κ2) is 7.41. The van der Waals surface area contributed by atoms with E-state index in [4.69, 9.17) is 9.15 Å². The zero-order valence-electron chi connectivity index (χ0n) is 14.9. The molecule has 4 aromatic rings. The lowest BCUT2D eigenvalue weighted by Crippen LogP contribution is -2.09. The first-order chi connectivity index (χ1) is 13.2. The highest BCUT2D eigenvalue weighted by Crippen LogP contribution is 2.22. The summed E-state index contributed by atoms with van der Waals surface area (Å²) >= 11 is 0. The second-order valence-corrected chi connectivity index (χ2v) is 6.35. The largest absolute Gasteiger partial charge is 0.426 e. The summed E-state index contributed by atoms with van der Waals surface area (Å²) in [4.78, 5) is 12.1. The average Bonchev–Trinajstić information content (AvgIpc) is 3.16. The predicted molar refractivity (Wildman–Crippen MR) is 102 cm³/mol. The van der Waals surface area contributed by atoms with Crippen molar-refractivity contribution in [1.82, 2.24) is 10.2 Å². The van der Waals surface area contributed by atoms with Crippen LogP contribution in [0.2, 0.25) is 0 Å². The number of hydrogen-bond donors (Lipinski definition) is 0. The molecular weight excluding hydrogens is 340 g/mol. The standard InChI is InChI=1S/C22H18N2O3/c1-15-6-8-17(9-7-15)22-24-23-20(27-22)12-13-21(25)26-19-11-10-16-4-2-3-5-18(16)14-19/h2-11,14H,12-13H2,1H3. The Morgan fingerprint density at radius 3 is 2.56 bits per heavy atom. The van der Waals surface area contributed by atoms with Crippen LogP contribution < -0.4 is 4.74 Å². The van der Waals surface area contributed by atoms with Crippen molar-refractivity contribution in [2.24, 2.45) is 0 Å². The first-order valence-corrected chi connectivity index (χ1v) is 8.76. The maximum Gasteiger partial charge on any atom is 0.311 e. The van der Waals surface area contributed by atoms with E-state index >= 15 is 0 Å². The van der Waals surface area contributed by atoms with Gasteiger partial charge in [-0.05, 0) is 42.0 Å². The van der Waals surface area contributed by atoms with Crippen molar-refractivity contribution in [3.05, 3.63) is 78.2 Å². The lowest BCUT2D eigenvalue weighted by atomic mass is 10.1. The van der Waals surface area contributed by atoms with E-state index in [1.807, 2.05) is 67.6 Å². The van der Waals surface area contributed by atoms with Gasteiger partial charge in [0.05, 0.1) is 6.42 Å². The van der Waals surface area contributed by atoms with Crippen LogP contribution in [0.5, 0.6) is 5.75 Å². The van der Waals surface area contributed by atoms with E-state index in [2.05, 4.69) is 10.2 Å². The molecule has 0 amide bonds. The molecule has 0 aliphatic rings. The number of ether oxygens (including phenoxy) is 1.